The minimum atomic E-state index is -0.187. The van der Waals surface area contributed by atoms with Crippen molar-refractivity contribution in [1.82, 2.24) is 0 Å². The molecule has 0 aliphatic heterocycles. The van der Waals surface area contributed by atoms with E-state index in [2.05, 4.69) is 211 Å². The first-order valence-corrected chi connectivity index (χ1v) is 20.2. The Labute approximate surface area is 333 Å². The molecular weight excluding hydrogens is 675 g/mol. The van der Waals surface area contributed by atoms with E-state index < -0.39 is 0 Å². The molecule has 1 heteroatoms. The molecule has 0 fully saturated rings. The lowest BCUT2D eigenvalue weighted by atomic mass is 9.72. The van der Waals surface area contributed by atoms with E-state index in [-0.39, 0.29) is 10.8 Å². The first-order chi connectivity index (χ1) is 27.0. The second-order valence-electron chi connectivity index (χ2n) is 17.1. The third-order valence-electron chi connectivity index (χ3n) is 12.7. The van der Waals surface area contributed by atoms with E-state index in [9.17, 15) is 0 Å². The minimum Gasteiger partial charge on any atom is -0.309 e. The highest BCUT2D eigenvalue weighted by molar-refractivity contribution is 6.16. The first-order valence-electron chi connectivity index (χ1n) is 20.2. The van der Waals surface area contributed by atoms with Gasteiger partial charge in [-0.15, -0.1) is 0 Å². The second-order valence-corrected chi connectivity index (χ2v) is 17.1. The summed E-state index contributed by atoms with van der Waals surface area (Å²) in [6.45, 7) is 16.3. The number of hydrogen-bond acceptors (Lipinski definition) is 1. The number of fused-ring (bicyclic) bond motifs is 5. The predicted molar refractivity (Wildman–Crippen MR) is 240 cm³/mol. The van der Waals surface area contributed by atoms with Crippen LogP contribution < -0.4 is 4.90 Å². The third-order valence-corrected chi connectivity index (χ3v) is 12.7. The van der Waals surface area contributed by atoms with Gasteiger partial charge in [0.2, 0.25) is 0 Å². The molecule has 0 atom stereocenters. The Bertz CT molecular complexity index is 2690. The average molecular weight is 726 g/mol. The van der Waals surface area contributed by atoms with Crippen LogP contribution in [0.5, 0.6) is 0 Å². The number of rotatable bonds is 8. The maximum absolute atomic E-state index is 2.58. The average Bonchev–Trinajstić information content (AvgIpc) is 3.42. The Hall–Kier alpha value is -5.92. The van der Waals surface area contributed by atoms with E-state index in [1.807, 2.05) is 0 Å². The van der Waals surface area contributed by atoms with E-state index >= 15 is 0 Å². The fraction of sp³-hybridized carbons (Fsp3) is 0.200. The van der Waals surface area contributed by atoms with Crippen LogP contribution >= 0.6 is 0 Å². The Morgan fingerprint density at radius 3 is 1.64 bits per heavy atom. The van der Waals surface area contributed by atoms with Gasteiger partial charge in [-0.2, -0.15) is 0 Å². The lowest BCUT2D eigenvalue weighted by molar-refractivity contribution is 0.621. The molecule has 0 saturated carbocycles. The second kappa shape index (κ2) is 13.7. The maximum atomic E-state index is 2.58. The fourth-order valence-corrected chi connectivity index (χ4v) is 9.91. The molecule has 0 bridgehead atoms. The summed E-state index contributed by atoms with van der Waals surface area (Å²) < 4.78 is 0. The Morgan fingerprint density at radius 2 is 1.04 bits per heavy atom. The SMILES string of the molecule is Cc1cccc(N(c2cccc(C)c2)c2c3ccccc3c(CCc3cc4c(cc3C(C)(C)c3ccccc3C)-c3ccccc3C4(C)C)c3ccccc23)c1. The monoisotopic (exact) mass is 725 g/mol. The minimum absolute atomic E-state index is 0.0674. The lowest BCUT2D eigenvalue weighted by Gasteiger charge is -2.32. The Kier molecular flexibility index (Phi) is 8.73. The van der Waals surface area contributed by atoms with Crippen molar-refractivity contribution in [2.45, 2.75) is 72.1 Å². The van der Waals surface area contributed by atoms with Crippen LogP contribution in [0.3, 0.4) is 0 Å². The van der Waals surface area contributed by atoms with E-state index in [1.54, 1.807) is 0 Å². The van der Waals surface area contributed by atoms with Crippen LogP contribution in [0.25, 0.3) is 32.7 Å². The number of nitrogens with zero attached hydrogens (tertiary/aromatic N) is 1. The normalized spacial score (nSPS) is 13.2. The summed E-state index contributed by atoms with van der Waals surface area (Å²) in [5.74, 6) is 0. The Morgan fingerprint density at radius 1 is 0.482 bits per heavy atom. The van der Waals surface area contributed by atoms with Gasteiger partial charge in [0.15, 0.2) is 0 Å². The van der Waals surface area contributed by atoms with Gasteiger partial charge in [0.25, 0.3) is 0 Å². The smallest absolute Gasteiger partial charge is 0.0618 e. The summed E-state index contributed by atoms with van der Waals surface area (Å²) in [6, 6.07) is 59.2. The zero-order chi connectivity index (χ0) is 38.8. The molecule has 0 N–H and O–H groups in total. The maximum Gasteiger partial charge on any atom is 0.0618 e. The van der Waals surface area contributed by atoms with Crippen molar-refractivity contribution in [3.8, 4) is 11.1 Å². The van der Waals surface area contributed by atoms with Crippen LogP contribution in [0.15, 0.2) is 158 Å². The summed E-state index contributed by atoms with van der Waals surface area (Å²) >= 11 is 0. The predicted octanol–water partition coefficient (Wildman–Crippen LogP) is 14.8. The molecule has 8 aromatic rings. The molecular formula is C55H51N. The van der Waals surface area contributed by atoms with Crippen LogP contribution in [0.2, 0.25) is 0 Å². The molecule has 0 aromatic heterocycles. The van der Waals surface area contributed by atoms with Crippen LogP contribution in [-0.2, 0) is 23.7 Å². The highest BCUT2D eigenvalue weighted by atomic mass is 15.1. The van der Waals surface area contributed by atoms with E-state index in [0.29, 0.717) is 0 Å². The summed E-state index contributed by atoms with van der Waals surface area (Å²) in [5, 5.41) is 5.19. The van der Waals surface area contributed by atoms with Crippen molar-refractivity contribution >= 4 is 38.6 Å². The standard InChI is InChI=1S/C55H51N/c1-36-18-16-21-40(32-36)56(41-22-17-19-37(2)33-41)53-46-26-11-9-23-42(46)44(43-24-10-12-27-47(43)53)31-30-39-34-52-48(45-25-13-15-29-50(45)55(52,6)7)35-51(39)54(4,5)49-28-14-8-20-38(49)3/h8-29,32-35H,30-31H2,1-7H3. The number of aryl methyl sites for hydroxylation is 5. The molecule has 9 rings (SSSR count). The van der Waals surface area contributed by atoms with E-state index in [1.165, 1.54) is 99.8 Å². The summed E-state index contributed by atoms with van der Waals surface area (Å²) in [7, 11) is 0. The van der Waals surface area contributed by atoms with Gasteiger partial charge in [0.1, 0.15) is 0 Å². The zero-order valence-electron chi connectivity index (χ0n) is 33.9. The van der Waals surface area contributed by atoms with Crippen molar-refractivity contribution in [2.24, 2.45) is 0 Å². The van der Waals surface area contributed by atoms with Gasteiger partial charge in [0.05, 0.1) is 5.69 Å². The summed E-state index contributed by atoms with van der Waals surface area (Å²) in [4.78, 5) is 2.48. The van der Waals surface area contributed by atoms with Gasteiger partial charge in [-0.1, -0.05) is 155 Å². The fourth-order valence-electron chi connectivity index (χ4n) is 9.91. The van der Waals surface area contributed by atoms with Crippen molar-refractivity contribution in [3.63, 3.8) is 0 Å². The van der Waals surface area contributed by atoms with Crippen molar-refractivity contribution < 1.29 is 0 Å². The molecule has 0 saturated heterocycles. The van der Waals surface area contributed by atoms with Gasteiger partial charge < -0.3 is 4.90 Å². The number of benzene rings is 8. The quantitative estimate of drug-likeness (QED) is 0.141. The van der Waals surface area contributed by atoms with Gasteiger partial charge >= 0.3 is 0 Å². The molecule has 0 unspecified atom stereocenters. The van der Waals surface area contributed by atoms with Gasteiger partial charge in [-0.3, -0.25) is 0 Å². The largest absolute Gasteiger partial charge is 0.309 e. The molecule has 0 amide bonds. The topological polar surface area (TPSA) is 3.24 Å². The summed E-state index contributed by atoms with van der Waals surface area (Å²) in [5.41, 5.74) is 18.4. The lowest BCUT2D eigenvalue weighted by Crippen LogP contribution is -2.24. The molecule has 0 radical (unpaired) electrons. The molecule has 0 spiro atoms. The molecule has 0 heterocycles. The molecule has 8 aromatic carbocycles. The molecule has 1 aliphatic rings. The number of anilines is 3. The third kappa shape index (κ3) is 5.84. The van der Waals surface area contributed by atoms with Gasteiger partial charge in [-0.05, 0) is 136 Å². The molecule has 1 aliphatic carbocycles. The highest BCUT2D eigenvalue weighted by Gasteiger charge is 2.38. The van der Waals surface area contributed by atoms with Crippen LogP contribution in [0.4, 0.5) is 17.1 Å². The van der Waals surface area contributed by atoms with Crippen molar-refractivity contribution in [2.75, 3.05) is 4.90 Å². The van der Waals surface area contributed by atoms with Crippen molar-refractivity contribution in [1.29, 1.82) is 0 Å². The number of hydrogen-bond donors (Lipinski definition) is 0. The highest BCUT2D eigenvalue weighted by Crippen LogP contribution is 2.52. The van der Waals surface area contributed by atoms with Crippen LogP contribution in [-0.4, -0.2) is 0 Å². The van der Waals surface area contributed by atoms with Gasteiger partial charge in [-0.25, -0.2) is 0 Å². The molecule has 1 nitrogen and oxygen atoms in total. The summed E-state index contributed by atoms with van der Waals surface area (Å²) in [6.07, 6.45) is 1.87. The first kappa shape index (κ1) is 35.8. The van der Waals surface area contributed by atoms with Gasteiger partial charge in [0, 0.05) is 33.0 Å². The molecule has 56 heavy (non-hydrogen) atoms. The van der Waals surface area contributed by atoms with Crippen molar-refractivity contribution in [3.05, 3.63) is 208 Å². The van der Waals surface area contributed by atoms with Crippen LogP contribution in [0.1, 0.15) is 77.8 Å². The Balaban J connectivity index is 1.25. The molecule has 276 valence electrons. The zero-order valence-corrected chi connectivity index (χ0v) is 33.9. The van der Waals surface area contributed by atoms with Crippen LogP contribution in [0, 0.1) is 20.8 Å². The van der Waals surface area contributed by atoms with E-state index in [0.717, 1.165) is 12.8 Å². The van der Waals surface area contributed by atoms with E-state index in [4.69, 9.17) is 0 Å².